The van der Waals surface area contributed by atoms with Gasteiger partial charge in [-0.3, -0.25) is 19.3 Å². The molecule has 2 rings (SSSR count). The molecule has 170 valence electrons. The van der Waals surface area contributed by atoms with E-state index in [1.165, 1.54) is 0 Å². The van der Waals surface area contributed by atoms with Gasteiger partial charge in [-0.1, -0.05) is 6.92 Å². The quantitative estimate of drug-likeness (QED) is 0.570. The molecule has 1 saturated heterocycles. The lowest BCUT2D eigenvalue weighted by atomic mass is 9.98. The molecular weight excluding hydrogens is 396 g/mol. The van der Waals surface area contributed by atoms with Gasteiger partial charge in [0.1, 0.15) is 11.6 Å². The number of likely N-dealkylation sites (N-methyl/N-ethyl adjacent to an activating group) is 1. The van der Waals surface area contributed by atoms with Crippen molar-refractivity contribution in [3.8, 4) is 6.07 Å². The number of aromatic nitrogens is 1. The maximum Gasteiger partial charge on any atom is 0.307 e. The predicted octanol–water partition coefficient (Wildman–Crippen LogP) is 2.06. The fourth-order valence-corrected chi connectivity index (χ4v) is 4.36. The average Bonchev–Trinajstić information content (AvgIpc) is 3.18. The number of nitrogens with zero attached hydrogens (tertiary/aromatic N) is 3. The zero-order chi connectivity index (χ0) is 23.0. The number of amides is 1. The molecule has 0 aromatic carbocycles. The largest absolute Gasteiger partial charge is 0.466 e. The third-order valence-corrected chi connectivity index (χ3v) is 6.09. The SMILES string of the molecule is CCOC(=O)CCN(CC1CCCN1CC)C(=O)CCc1c(C)[nH]c(=O)c(C#N)c1C. The van der Waals surface area contributed by atoms with Crippen molar-refractivity contribution in [1.82, 2.24) is 14.8 Å². The predicted molar refractivity (Wildman–Crippen MR) is 118 cm³/mol. The minimum Gasteiger partial charge on any atom is -0.466 e. The van der Waals surface area contributed by atoms with Crippen molar-refractivity contribution in [2.75, 3.05) is 32.8 Å². The molecule has 2 heterocycles. The van der Waals surface area contributed by atoms with E-state index in [1.807, 2.05) is 6.07 Å². The smallest absolute Gasteiger partial charge is 0.307 e. The second-order valence-electron chi connectivity index (χ2n) is 7.99. The highest BCUT2D eigenvalue weighted by atomic mass is 16.5. The third kappa shape index (κ3) is 6.41. The summed E-state index contributed by atoms with van der Waals surface area (Å²) in [5.41, 5.74) is 1.83. The first-order chi connectivity index (χ1) is 14.8. The van der Waals surface area contributed by atoms with Crippen LogP contribution in [0.25, 0.3) is 0 Å². The van der Waals surface area contributed by atoms with Crippen LogP contribution in [0.15, 0.2) is 4.79 Å². The molecule has 0 saturated carbocycles. The molecule has 1 aromatic heterocycles. The standard InChI is InChI=1S/C23H34N4O4/c1-5-26-12-7-8-18(26)15-27(13-11-22(29)31-6-2)21(28)10-9-19-16(3)20(14-24)23(30)25-17(19)4/h18H,5-13,15H2,1-4H3,(H,25,30). The number of esters is 1. The summed E-state index contributed by atoms with van der Waals surface area (Å²) in [6.45, 7) is 10.6. The first kappa shape index (κ1) is 24.6. The van der Waals surface area contributed by atoms with E-state index >= 15 is 0 Å². The Kier molecular flexibility index (Phi) is 9.25. The number of H-pyrrole nitrogens is 1. The Balaban J connectivity index is 2.12. The lowest BCUT2D eigenvalue weighted by molar-refractivity contribution is -0.144. The van der Waals surface area contributed by atoms with Crippen LogP contribution in [-0.4, -0.2) is 65.5 Å². The summed E-state index contributed by atoms with van der Waals surface area (Å²) in [6, 6.07) is 2.25. The molecule has 1 amide bonds. The number of rotatable bonds is 10. The van der Waals surface area contributed by atoms with Gasteiger partial charge in [0.2, 0.25) is 5.91 Å². The fourth-order valence-electron chi connectivity index (χ4n) is 4.36. The first-order valence-corrected chi connectivity index (χ1v) is 11.1. The lowest BCUT2D eigenvalue weighted by Gasteiger charge is -2.30. The van der Waals surface area contributed by atoms with E-state index in [9.17, 15) is 19.6 Å². The topological polar surface area (TPSA) is 106 Å². The summed E-state index contributed by atoms with van der Waals surface area (Å²) >= 11 is 0. The van der Waals surface area contributed by atoms with E-state index in [1.54, 1.807) is 25.7 Å². The van der Waals surface area contributed by atoms with Gasteiger partial charge in [0.25, 0.3) is 5.56 Å². The molecule has 1 unspecified atom stereocenters. The molecule has 0 radical (unpaired) electrons. The van der Waals surface area contributed by atoms with E-state index in [0.717, 1.165) is 31.5 Å². The summed E-state index contributed by atoms with van der Waals surface area (Å²) in [4.78, 5) is 43.8. The molecule has 1 atom stereocenters. The number of nitriles is 1. The van der Waals surface area contributed by atoms with E-state index < -0.39 is 5.56 Å². The average molecular weight is 431 g/mol. The van der Waals surface area contributed by atoms with Gasteiger partial charge in [-0.05, 0) is 64.3 Å². The number of nitrogens with one attached hydrogen (secondary N) is 1. The maximum atomic E-state index is 13.1. The van der Waals surface area contributed by atoms with Crippen LogP contribution >= 0.6 is 0 Å². The van der Waals surface area contributed by atoms with Crippen molar-refractivity contribution in [2.45, 2.75) is 65.8 Å². The zero-order valence-electron chi connectivity index (χ0n) is 19.1. The van der Waals surface area contributed by atoms with Crippen LogP contribution in [0.3, 0.4) is 0 Å². The normalized spacial score (nSPS) is 16.2. The summed E-state index contributed by atoms with van der Waals surface area (Å²) in [7, 11) is 0. The van der Waals surface area contributed by atoms with Gasteiger partial charge in [0.15, 0.2) is 0 Å². The number of pyridine rings is 1. The minimum atomic E-state index is -0.399. The minimum absolute atomic E-state index is 0.0317. The van der Waals surface area contributed by atoms with Gasteiger partial charge in [-0.25, -0.2) is 0 Å². The Morgan fingerprint density at radius 3 is 2.68 bits per heavy atom. The molecular formula is C23H34N4O4. The van der Waals surface area contributed by atoms with E-state index in [-0.39, 0.29) is 30.3 Å². The molecule has 8 nitrogen and oxygen atoms in total. The number of carbonyl (C=O) groups is 2. The third-order valence-electron chi connectivity index (χ3n) is 6.09. The Morgan fingerprint density at radius 1 is 1.29 bits per heavy atom. The molecule has 1 fully saturated rings. The summed E-state index contributed by atoms with van der Waals surface area (Å²) < 4.78 is 5.03. The van der Waals surface area contributed by atoms with Gasteiger partial charge in [-0.2, -0.15) is 5.26 Å². The van der Waals surface area contributed by atoms with Crippen molar-refractivity contribution in [3.05, 3.63) is 32.7 Å². The van der Waals surface area contributed by atoms with Crippen molar-refractivity contribution in [1.29, 1.82) is 5.26 Å². The summed E-state index contributed by atoms with van der Waals surface area (Å²) in [5.74, 6) is -0.333. The lowest BCUT2D eigenvalue weighted by Crippen LogP contribution is -2.44. The Bertz CT molecular complexity index is 887. The maximum absolute atomic E-state index is 13.1. The number of hydrogen-bond donors (Lipinski definition) is 1. The summed E-state index contributed by atoms with van der Waals surface area (Å²) in [5, 5.41) is 9.26. The highest BCUT2D eigenvalue weighted by molar-refractivity contribution is 5.77. The Labute approximate surface area is 184 Å². The highest BCUT2D eigenvalue weighted by Gasteiger charge is 2.27. The van der Waals surface area contributed by atoms with Gasteiger partial charge < -0.3 is 14.6 Å². The summed E-state index contributed by atoms with van der Waals surface area (Å²) in [6.07, 6.45) is 3.01. The van der Waals surface area contributed by atoms with Crippen LogP contribution in [-0.2, 0) is 20.7 Å². The van der Waals surface area contributed by atoms with Crippen LogP contribution in [0, 0.1) is 25.2 Å². The van der Waals surface area contributed by atoms with Crippen molar-refractivity contribution < 1.29 is 14.3 Å². The van der Waals surface area contributed by atoms with Gasteiger partial charge in [0, 0.05) is 31.2 Å². The number of ether oxygens (including phenoxy) is 1. The molecule has 8 heteroatoms. The molecule has 1 aliphatic rings. The number of aryl methyl sites for hydroxylation is 1. The van der Waals surface area contributed by atoms with Crippen LogP contribution in [0.2, 0.25) is 0 Å². The van der Waals surface area contributed by atoms with Crippen LogP contribution < -0.4 is 5.56 Å². The zero-order valence-corrected chi connectivity index (χ0v) is 19.1. The number of hydrogen-bond acceptors (Lipinski definition) is 6. The molecule has 0 aliphatic carbocycles. The van der Waals surface area contributed by atoms with Crippen molar-refractivity contribution in [3.63, 3.8) is 0 Å². The second kappa shape index (κ2) is 11.7. The van der Waals surface area contributed by atoms with Crippen LogP contribution in [0.4, 0.5) is 0 Å². The van der Waals surface area contributed by atoms with E-state index in [0.29, 0.717) is 43.4 Å². The molecule has 1 N–H and O–H groups in total. The highest BCUT2D eigenvalue weighted by Crippen LogP contribution is 2.20. The second-order valence-corrected chi connectivity index (χ2v) is 7.99. The van der Waals surface area contributed by atoms with E-state index in [4.69, 9.17) is 4.74 Å². The molecule has 1 aromatic rings. The Morgan fingerprint density at radius 2 is 2.03 bits per heavy atom. The number of carbonyl (C=O) groups excluding carboxylic acids is 2. The molecule has 1 aliphatic heterocycles. The molecule has 0 spiro atoms. The van der Waals surface area contributed by atoms with Crippen molar-refractivity contribution >= 4 is 11.9 Å². The van der Waals surface area contributed by atoms with Crippen LogP contribution in [0.5, 0.6) is 0 Å². The fraction of sp³-hybridized carbons (Fsp3) is 0.652. The molecule has 0 bridgehead atoms. The van der Waals surface area contributed by atoms with Gasteiger partial charge >= 0.3 is 5.97 Å². The van der Waals surface area contributed by atoms with Gasteiger partial charge in [0.05, 0.1) is 13.0 Å². The van der Waals surface area contributed by atoms with Crippen molar-refractivity contribution in [2.24, 2.45) is 0 Å². The Hall–Kier alpha value is -2.66. The first-order valence-electron chi connectivity index (χ1n) is 11.1. The molecule has 31 heavy (non-hydrogen) atoms. The number of aromatic amines is 1. The van der Waals surface area contributed by atoms with Crippen LogP contribution in [0.1, 0.15) is 61.9 Å². The number of likely N-dealkylation sites (tertiary alicyclic amines) is 1. The monoisotopic (exact) mass is 430 g/mol. The van der Waals surface area contributed by atoms with E-state index in [2.05, 4.69) is 16.8 Å². The van der Waals surface area contributed by atoms with Gasteiger partial charge in [-0.15, -0.1) is 0 Å².